The predicted molar refractivity (Wildman–Crippen MR) is 25.3 cm³/mol. The van der Waals surface area contributed by atoms with Crippen LogP contribution in [0, 0.1) is 0 Å². The van der Waals surface area contributed by atoms with E-state index in [1.54, 1.807) is 0 Å². The fraction of sp³-hybridized carbons (Fsp3) is 0. The van der Waals surface area contributed by atoms with Crippen molar-refractivity contribution in [1.29, 1.82) is 0 Å². The SMILES string of the molecule is [B]/C(N)=C/NN. The Hall–Kier alpha value is -0.635. The van der Waals surface area contributed by atoms with E-state index in [1.807, 2.05) is 0 Å². The van der Waals surface area contributed by atoms with Gasteiger partial charge in [0.25, 0.3) is 0 Å². The molecule has 0 amide bonds. The Kier molecular flexibility index (Phi) is 2.32. The van der Waals surface area contributed by atoms with Crippen LogP contribution in [0.25, 0.3) is 0 Å². The number of rotatable bonds is 1. The predicted octanol–water partition coefficient (Wildman–Crippen LogP) is -1.62. The van der Waals surface area contributed by atoms with Crippen LogP contribution in [0.2, 0.25) is 0 Å². The Morgan fingerprint density at radius 3 is 2.33 bits per heavy atom. The Morgan fingerprint density at radius 2 is 2.33 bits per heavy atom. The van der Waals surface area contributed by atoms with E-state index >= 15 is 0 Å². The number of hydrogen-bond acceptors (Lipinski definition) is 3. The van der Waals surface area contributed by atoms with Crippen molar-refractivity contribution >= 4 is 7.85 Å². The highest BCUT2D eigenvalue weighted by Gasteiger charge is 1.65. The standard InChI is InChI=1S/C2H6BN3/c3-2(4)1-6-5/h1,6H,4-5H2/b2-1-. The first-order valence-electron chi connectivity index (χ1n) is 1.44. The minimum absolute atomic E-state index is 0.178. The minimum Gasteiger partial charge on any atom is -0.410 e. The van der Waals surface area contributed by atoms with E-state index in [0.29, 0.717) is 0 Å². The molecule has 0 aromatic heterocycles. The van der Waals surface area contributed by atoms with E-state index in [4.69, 9.17) is 19.4 Å². The van der Waals surface area contributed by atoms with Crippen LogP contribution in [0.4, 0.5) is 0 Å². The first-order chi connectivity index (χ1) is 2.77. The van der Waals surface area contributed by atoms with Crippen molar-refractivity contribution in [3.05, 3.63) is 11.8 Å². The molecule has 32 valence electrons. The van der Waals surface area contributed by atoms with Crippen molar-refractivity contribution in [3.8, 4) is 0 Å². The van der Waals surface area contributed by atoms with Gasteiger partial charge in [-0.3, -0.25) is 5.84 Å². The highest BCUT2D eigenvalue weighted by atomic mass is 15.2. The van der Waals surface area contributed by atoms with E-state index < -0.39 is 0 Å². The lowest BCUT2D eigenvalue weighted by Crippen LogP contribution is -2.16. The summed E-state index contributed by atoms with van der Waals surface area (Å²) < 4.78 is 0. The number of nitrogens with two attached hydrogens (primary N) is 2. The molecular formula is C2H6BN3. The average Bonchev–Trinajstić information content (AvgIpc) is 1.35. The van der Waals surface area contributed by atoms with Gasteiger partial charge in [0, 0.05) is 6.20 Å². The summed E-state index contributed by atoms with van der Waals surface area (Å²) in [4.78, 5) is 0. The molecule has 0 rings (SSSR count). The smallest absolute Gasteiger partial charge is 0.139 e. The van der Waals surface area contributed by atoms with Gasteiger partial charge in [0.1, 0.15) is 7.85 Å². The summed E-state index contributed by atoms with van der Waals surface area (Å²) in [5.41, 5.74) is 7.23. The van der Waals surface area contributed by atoms with Gasteiger partial charge in [-0.05, 0) is 5.60 Å². The molecule has 0 aliphatic heterocycles. The van der Waals surface area contributed by atoms with E-state index in [1.165, 1.54) is 6.20 Å². The molecule has 0 aliphatic rings. The second-order valence-electron chi connectivity index (χ2n) is 0.811. The van der Waals surface area contributed by atoms with E-state index in [0.717, 1.165) is 0 Å². The molecular weight excluding hydrogens is 76.9 g/mol. The molecule has 0 spiro atoms. The number of hydrogen-bond donors (Lipinski definition) is 3. The Bertz CT molecular complexity index is 55.8. The van der Waals surface area contributed by atoms with Crippen molar-refractivity contribution in [3.63, 3.8) is 0 Å². The molecule has 4 heteroatoms. The quantitative estimate of drug-likeness (QED) is 0.203. The molecule has 0 aliphatic carbocycles. The minimum atomic E-state index is 0.178. The maximum absolute atomic E-state index is 4.90. The zero-order valence-corrected chi connectivity index (χ0v) is 3.31. The lowest BCUT2D eigenvalue weighted by atomic mass is 10.1. The van der Waals surface area contributed by atoms with Crippen molar-refractivity contribution < 1.29 is 0 Å². The van der Waals surface area contributed by atoms with Crippen molar-refractivity contribution in [1.82, 2.24) is 5.43 Å². The maximum atomic E-state index is 4.90. The monoisotopic (exact) mass is 83.1 g/mol. The van der Waals surface area contributed by atoms with Crippen LogP contribution < -0.4 is 17.0 Å². The molecule has 0 fully saturated rings. The highest BCUT2D eigenvalue weighted by Crippen LogP contribution is 1.59. The van der Waals surface area contributed by atoms with Gasteiger partial charge in [0.2, 0.25) is 0 Å². The van der Waals surface area contributed by atoms with Crippen molar-refractivity contribution in [2.75, 3.05) is 0 Å². The second kappa shape index (κ2) is 2.59. The molecule has 2 radical (unpaired) electrons. The van der Waals surface area contributed by atoms with Crippen LogP contribution in [0.15, 0.2) is 11.8 Å². The van der Waals surface area contributed by atoms with E-state index in [9.17, 15) is 0 Å². The van der Waals surface area contributed by atoms with Crippen LogP contribution >= 0.6 is 0 Å². The number of hydrazine groups is 1. The summed E-state index contributed by atoms with van der Waals surface area (Å²) in [7, 11) is 4.90. The summed E-state index contributed by atoms with van der Waals surface area (Å²) in [6.07, 6.45) is 1.29. The number of nitrogens with one attached hydrogen (secondary N) is 1. The third-order valence-electron chi connectivity index (χ3n) is 0.250. The molecule has 0 aromatic rings. The largest absolute Gasteiger partial charge is 0.410 e. The Labute approximate surface area is 37.8 Å². The molecule has 0 bridgehead atoms. The summed E-state index contributed by atoms with van der Waals surface area (Å²) in [6, 6.07) is 0. The third kappa shape index (κ3) is 3.36. The zero-order chi connectivity index (χ0) is 4.99. The normalized spacial score (nSPS) is 11.2. The molecule has 0 saturated carbocycles. The van der Waals surface area contributed by atoms with Crippen molar-refractivity contribution in [2.45, 2.75) is 0 Å². The lowest BCUT2D eigenvalue weighted by Gasteiger charge is -1.86. The van der Waals surface area contributed by atoms with Gasteiger partial charge < -0.3 is 11.2 Å². The molecule has 0 saturated heterocycles. The molecule has 5 N–H and O–H groups in total. The van der Waals surface area contributed by atoms with Gasteiger partial charge in [-0.1, -0.05) is 0 Å². The third-order valence-corrected chi connectivity index (χ3v) is 0.250. The first kappa shape index (κ1) is 5.36. The van der Waals surface area contributed by atoms with Gasteiger partial charge in [-0.15, -0.1) is 0 Å². The van der Waals surface area contributed by atoms with Crippen LogP contribution in [0.5, 0.6) is 0 Å². The average molecular weight is 82.9 g/mol. The van der Waals surface area contributed by atoms with E-state index in [2.05, 4.69) is 5.43 Å². The summed E-state index contributed by atoms with van der Waals surface area (Å²) >= 11 is 0. The summed E-state index contributed by atoms with van der Waals surface area (Å²) in [5.74, 6) is 4.74. The summed E-state index contributed by atoms with van der Waals surface area (Å²) in [5, 5.41) is 0. The van der Waals surface area contributed by atoms with Crippen LogP contribution in [0.1, 0.15) is 0 Å². The lowest BCUT2D eigenvalue weighted by molar-refractivity contribution is 0.959. The maximum Gasteiger partial charge on any atom is 0.139 e. The van der Waals surface area contributed by atoms with Crippen molar-refractivity contribution in [2.24, 2.45) is 11.6 Å². The fourth-order valence-corrected chi connectivity index (χ4v) is 0.0962. The highest BCUT2D eigenvalue weighted by molar-refractivity contribution is 6.20. The van der Waals surface area contributed by atoms with Crippen LogP contribution in [0.3, 0.4) is 0 Å². The first-order valence-corrected chi connectivity index (χ1v) is 1.44. The molecule has 0 heterocycles. The van der Waals surface area contributed by atoms with Gasteiger partial charge in [-0.25, -0.2) is 0 Å². The Balaban J connectivity index is 3.14. The van der Waals surface area contributed by atoms with Gasteiger partial charge in [0.15, 0.2) is 0 Å². The topological polar surface area (TPSA) is 64.1 Å². The molecule has 0 atom stereocenters. The van der Waals surface area contributed by atoms with Crippen LogP contribution in [-0.2, 0) is 0 Å². The molecule has 3 nitrogen and oxygen atoms in total. The molecule has 6 heavy (non-hydrogen) atoms. The summed E-state index contributed by atoms with van der Waals surface area (Å²) in [6.45, 7) is 0. The molecule has 0 aromatic carbocycles. The van der Waals surface area contributed by atoms with Gasteiger partial charge >= 0.3 is 0 Å². The van der Waals surface area contributed by atoms with E-state index in [-0.39, 0.29) is 5.60 Å². The second-order valence-corrected chi connectivity index (χ2v) is 0.811. The Morgan fingerprint density at radius 1 is 1.83 bits per heavy atom. The van der Waals surface area contributed by atoms with Crippen LogP contribution in [-0.4, -0.2) is 7.85 Å². The van der Waals surface area contributed by atoms with Gasteiger partial charge in [0.05, 0.1) is 0 Å². The fourth-order valence-electron chi connectivity index (χ4n) is 0.0962. The molecule has 0 unspecified atom stereocenters. The zero-order valence-electron chi connectivity index (χ0n) is 3.31. The van der Waals surface area contributed by atoms with Gasteiger partial charge in [-0.2, -0.15) is 0 Å².